The molecular formula is C11H12ClN5O. The summed E-state index contributed by atoms with van der Waals surface area (Å²) in [7, 11) is 3.34. The van der Waals surface area contributed by atoms with Gasteiger partial charge in [0.15, 0.2) is 0 Å². The Bertz CT molecular complexity index is 613. The summed E-state index contributed by atoms with van der Waals surface area (Å²) >= 11 is 6.22. The van der Waals surface area contributed by atoms with Gasteiger partial charge in [0.2, 0.25) is 0 Å². The first-order valence-electron chi connectivity index (χ1n) is 5.17. The first-order chi connectivity index (χ1) is 8.58. The molecule has 1 N–H and O–H groups in total. The number of nitrogens with zero attached hydrogens (tertiary/aromatic N) is 4. The minimum atomic E-state index is -0.317. The lowest BCUT2D eigenvalue weighted by Gasteiger charge is -2.01. The minimum absolute atomic E-state index is 0.257. The number of carbonyl (C=O) groups excluding carboxylic acids is 1. The number of halogens is 1. The Morgan fingerprint density at radius 2 is 2.28 bits per heavy atom. The molecule has 0 atom stereocenters. The van der Waals surface area contributed by atoms with E-state index in [4.69, 9.17) is 11.6 Å². The maximum absolute atomic E-state index is 11.7. The van der Waals surface area contributed by atoms with E-state index in [1.165, 1.54) is 11.7 Å². The lowest BCUT2D eigenvalue weighted by Crippen LogP contribution is -2.20. The van der Waals surface area contributed by atoms with E-state index < -0.39 is 0 Å². The van der Waals surface area contributed by atoms with Gasteiger partial charge in [-0.3, -0.25) is 9.48 Å². The van der Waals surface area contributed by atoms with Crippen molar-refractivity contribution >= 4 is 24.2 Å². The average Bonchev–Trinajstić information content (AvgIpc) is 2.92. The van der Waals surface area contributed by atoms with Gasteiger partial charge in [-0.25, -0.2) is 4.68 Å². The number of aryl methyl sites for hydroxylation is 1. The van der Waals surface area contributed by atoms with E-state index in [1.54, 1.807) is 24.1 Å². The van der Waals surface area contributed by atoms with Crippen LogP contribution in [0.4, 0.5) is 0 Å². The molecule has 0 fully saturated rings. The minimum Gasteiger partial charge on any atom is -0.354 e. The summed E-state index contributed by atoms with van der Waals surface area (Å²) in [5, 5.41) is 10.7. The van der Waals surface area contributed by atoms with Crippen molar-refractivity contribution in [1.29, 1.82) is 0 Å². The van der Waals surface area contributed by atoms with Crippen LogP contribution >= 0.6 is 11.6 Å². The van der Waals surface area contributed by atoms with Crippen LogP contribution in [0.3, 0.4) is 0 Å². The van der Waals surface area contributed by atoms with Crippen molar-refractivity contribution in [2.75, 3.05) is 7.05 Å². The maximum Gasteiger partial charge on any atom is 0.271 e. The molecule has 6 nitrogen and oxygen atoms in total. The molecule has 0 aliphatic carbocycles. The number of carbonyl (C=O) groups is 1. The van der Waals surface area contributed by atoms with E-state index in [9.17, 15) is 4.79 Å². The van der Waals surface area contributed by atoms with Crippen LogP contribution in [0.25, 0.3) is 11.1 Å². The third-order valence-corrected chi connectivity index (χ3v) is 2.92. The second kappa shape index (κ2) is 4.66. The highest BCUT2D eigenvalue weighted by molar-refractivity contribution is 6.36. The number of nitrogens with one attached hydrogen (secondary N) is 1. The first-order valence-corrected chi connectivity index (χ1v) is 5.55. The molecule has 0 unspecified atom stereocenters. The predicted molar refractivity (Wildman–Crippen MR) is 70.0 cm³/mol. The maximum atomic E-state index is 11.7. The second-order valence-electron chi connectivity index (χ2n) is 3.67. The van der Waals surface area contributed by atoms with Gasteiger partial charge in [0, 0.05) is 44.3 Å². The van der Waals surface area contributed by atoms with E-state index in [1.807, 2.05) is 6.20 Å². The molecule has 1 amide bonds. The molecule has 0 aromatic carbocycles. The number of hydrogen-bond acceptors (Lipinski definition) is 3. The molecule has 0 aliphatic heterocycles. The highest BCUT2D eigenvalue weighted by Gasteiger charge is 2.21. The van der Waals surface area contributed by atoms with Gasteiger partial charge in [0.25, 0.3) is 5.91 Å². The zero-order valence-electron chi connectivity index (χ0n) is 10.0. The normalized spacial score (nSPS) is 10.4. The third kappa shape index (κ3) is 1.91. The first kappa shape index (κ1) is 12.4. The van der Waals surface area contributed by atoms with Crippen molar-refractivity contribution in [2.24, 2.45) is 12.1 Å². The smallest absolute Gasteiger partial charge is 0.271 e. The van der Waals surface area contributed by atoms with Gasteiger partial charge in [-0.2, -0.15) is 10.2 Å². The molecule has 0 saturated carbocycles. The largest absolute Gasteiger partial charge is 0.354 e. The number of hydrogen-bond donors (Lipinski definition) is 1. The van der Waals surface area contributed by atoms with Crippen LogP contribution in [0, 0.1) is 0 Å². The van der Waals surface area contributed by atoms with Gasteiger partial charge < -0.3 is 5.32 Å². The van der Waals surface area contributed by atoms with Crippen LogP contribution in [0.5, 0.6) is 0 Å². The molecule has 2 heterocycles. The Kier molecular flexibility index (Phi) is 3.20. The standard InChI is InChI=1S/C11H12ClN5O/c1-13-11(18)10-9(12)8(6-17(10)14-2)7-4-15-16(3)5-7/h4-6H,2H2,1,3H3,(H,13,18). The molecule has 0 radical (unpaired) electrons. The van der Waals surface area contributed by atoms with Crippen LogP contribution in [0.2, 0.25) is 5.02 Å². The van der Waals surface area contributed by atoms with Gasteiger partial charge in [0.1, 0.15) is 5.69 Å². The summed E-state index contributed by atoms with van der Waals surface area (Å²) in [6.07, 6.45) is 5.13. The van der Waals surface area contributed by atoms with Crippen LogP contribution in [-0.4, -0.2) is 34.1 Å². The van der Waals surface area contributed by atoms with Gasteiger partial charge >= 0.3 is 0 Å². The van der Waals surface area contributed by atoms with Crippen LogP contribution in [0.15, 0.2) is 23.7 Å². The van der Waals surface area contributed by atoms with Gasteiger partial charge in [-0.15, -0.1) is 0 Å². The molecular weight excluding hydrogens is 254 g/mol. The van der Waals surface area contributed by atoms with Crippen molar-refractivity contribution in [3.05, 3.63) is 29.3 Å². The molecule has 94 valence electrons. The topological polar surface area (TPSA) is 64.2 Å². The predicted octanol–water partition coefficient (Wildman–Crippen LogP) is 1.37. The van der Waals surface area contributed by atoms with Crippen LogP contribution in [-0.2, 0) is 7.05 Å². The van der Waals surface area contributed by atoms with E-state index in [0.717, 1.165) is 5.56 Å². The number of rotatable bonds is 3. The van der Waals surface area contributed by atoms with Crippen LogP contribution < -0.4 is 5.32 Å². The summed E-state index contributed by atoms with van der Waals surface area (Å²) in [6.45, 7) is 3.42. The molecule has 2 aromatic rings. The van der Waals surface area contributed by atoms with E-state index in [2.05, 4.69) is 22.2 Å². The van der Waals surface area contributed by atoms with Crippen molar-refractivity contribution in [1.82, 2.24) is 19.8 Å². The zero-order valence-corrected chi connectivity index (χ0v) is 10.8. The van der Waals surface area contributed by atoms with Gasteiger partial charge in [-0.1, -0.05) is 11.6 Å². The molecule has 0 bridgehead atoms. The second-order valence-corrected chi connectivity index (χ2v) is 4.05. The molecule has 18 heavy (non-hydrogen) atoms. The fourth-order valence-corrected chi connectivity index (χ4v) is 2.00. The molecule has 2 rings (SSSR count). The number of amides is 1. The molecule has 2 aromatic heterocycles. The lowest BCUT2D eigenvalue weighted by atomic mass is 10.2. The fraction of sp³-hybridized carbons (Fsp3) is 0.182. The summed E-state index contributed by atoms with van der Waals surface area (Å²) in [6, 6.07) is 0. The Balaban J connectivity index is 2.61. The van der Waals surface area contributed by atoms with E-state index in [-0.39, 0.29) is 11.6 Å². The molecule has 0 saturated heterocycles. The quantitative estimate of drug-likeness (QED) is 0.852. The Hall–Kier alpha value is -2.08. The van der Waals surface area contributed by atoms with Crippen LogP contribution in [0.1, 0.15) is 10.5 Å². The SMILES string of the molecule is C=Nn1cc(-c2cnn(C)c2)c(Cl)c1C(=O)NC. The van der Waals surface area contributed by atoms with Gasteiger partial charge in [0.05, 0.1) is 11.2 Å². The van der Waals surface area contributed by atoms with Crippen molar-refractivity contribution in [3.63, 3.8) is 0 Å². The third-order valence-electron chi connectivity index (χ3n) is 2.54. The van der Waals surface area contributed by atoms with E-state index >= 15 is 0 Å². The Morgan fingerprint density at radius 3 is 2.78 bits per heavy atom. The highest BCUT2D eigenvalue weighted by atomic mass is 35.5. The summed E-state index contributed by atoms with van der Waals surface area (Å²) in [4.78, 5) is 11.7. The van der Waals surface area contributed by atoms with E-state index in [0.29, 0.717) is 10.6 Å². The lowest BCUT2D eigenvalue weighted by molar-refractivity contribution is 0.0955. The molecule has 7 heteroatoms. The van der Waals surface area contributed by atoms with Crippen molar-refractivity contribution in [3.8, 4) is 11.1 Å². The number of aromatic nitrogens is 3. The fourth-order valence-electron chi connectivity index (χ4n) is 1.67. The zero-order chi connectivity index (χ0) is 13.3. The Morgan fingerprint density at radius 1 is 1.56 bits per heavy atom. The Labute approximate surface area is 109 Å². The summed E-state index contributed by atoms with van der Waals surface area (Å²) < 4.78 is 3.01. The molecule has 0 aliphatic rings. The van der Waals surface area contributed by atoms with Gasteiger partial charge in [-0.05, 0) is 0 Å². The monoisotopic (exact) mass is 265 g/mol. The summed E-state index contributed by atoms with van der Waals surface area (Å²) in [5.41, 5.74) is 1.76. The summed E-state index contributed by atoms with van der Waals surface area (Å²) in [5.74, 6) is -0.317. The molecule has 0 spiro atoms. The van der Waals surface area contributed by atoms with Crippen molar-refractivity contribution < 1.29 is 4.79 Å². The highest BCUT2D eigenvalue weighted by Crippen LogP contribution is 2.32. The average molecular weight is 266 g/mol. The van der Waals surface area contributed by atoms with Crippen molar-refractivity contribution in [2.45, 2.75) is 0 Å².